The largest absolute Gasteiger partial charge is 0.357 e. The molecule has 1 amide bonds. The zero-order chi connectivity index (χ0) is 15.5. The molecule has 0 fully saturated rings. The molecule has 0 bridgehead atoms. The zero-order valence-electron chi connectivity index (χ0n) is 13.5. The Morgan fingerprint density at radius 2 is 2.10 bits per heavy atom. The fraction of sp³-hybridized carbons (Fsp3) is 0.500. The van der Waals surface area contributed by atoms with Crippen molar-refractivity contribution in [2.24, 2.45) is 4.99 Å². The normalized spacial score (nSPS) is 15.3. The third kappa shape index (κ3) is 6.36. The fourth-order valence-corrected chi connectivity index (χ4v) is 1.85. The molecule has 112 valence electrons. The fourth-order valence-electron chi connectivity index (χ4n) is 1.85. The summed E-state index contributed by atoms with van der Waals surface area (Å²) in [6.45, 7) is 8.47. The Balaban J connectivity index is 0.00000172. The van der Waals surface area contributed by atoms with Gasteiger partial charge in [-0.1, -0.05) is 25.5 Å². The molecule has 4 heteroatoms. The third-order valence-corrected chi connectivity index (χ3v) is 2.66. The maximum absolute atomic E-state index is 12.0. The van der Waals surface area contributed by atoms with Crippen molar-refractivity contribution in [2.45, 2.75) is 34.1 Å². The van der Waals surface area contributed by atoms with Gasteiger partial charge in [-0.05, 0) is 19.4 Å². The van der Waals surface area contributed by atoms with Crippen molar-refractivity contribution < 1.29 is 4.79 Å². The summed E-state index contributed by atoms with van der Waals surface area (Å²) in [6, 6.07) is 0. The van der Waals surface area contributed by atoms with Crippen LogP contribution in [0.5, 0.6) is 0 Å². The molecule has 1 N–H and O–H groups in total. The van der Waals surface area contributed by atoms with Gasteiger partial charge in [-0.15, -0.1) is 0 Å². The average molecular weight is 277 g/mol. The first-order chi connectivity index (χ1) is 9.56. The Labute approximate surface area is 123 Å². The van der Waals surface area contributed by atoms with E-state index in [0.29, 0.717) is 13.0 Å². The van der Waals surface area contributed by atoms with E-state index >= 15 is 0 Å². The molecular weight excluding hydrogens is 250 g/mol. The zero-order valence-corrected chi connectivity index (χ0v) is 13.5. The molecule has 1 heterocycles. The Morgan fingerprint density at radius 3 is 2.60 bits per heavy atom. The molecule has 1 aliphatic rings. The highest BCUT2D eigenvalue weighted by atomic mass is 16.1. The standard InChI is InChI=1S/C14H21N3O.C2H6/c1-5-12(7-15-3)8-16-14(18)13-6-11(2)9-17(4)10-13;1-2/h5,7,9-10H,6,8H2,1-4H3,(H,16,18);1-2H3/b12-5+,15-7?;. The van der Waals surface area contributed by atoms with Gasteiger partial charge in [0.2, 0.25) is 5.91 Å². The number of rotatable bonds is 4. The molecule has 0 spiro atoms. The predicted octanol–water partition coefficient (Wildman–Crippen LogP) is 2.90. The highest BCUT2D eigenvalue weighted by Crippen LogP contribution is 2.17. The van der Waals surface area contributed by atoms with Crippen LogP contribution in [0.1, 0.15) is 34.1 Å². The maximum atomic E-state index is 12.0. The highest BCUT2D eigenvalue weighted by Gasteiger charge is 2.14. The van der Waals surface area contributed by atoms with Crippen LogP contribution in [-0.4, -0.2) is 37.7 Å². The van der Waals surface area contributed by atoms with E-state index in [1.54, 1.807) is 13.3 Å². The van der Waals surface area contributed by atoms with Gasteiger partial charge in [-0.3, -0.25) is 9.79 Å². The lowest BCUT2D eigenvalue weighted by Gasteiger charge is -2.19. The second kappa shape index (κ2) is 10.0. The predicted molar refractivity (Wildman–Crippen MR) is 86.8 cm³/mol. The molecule has 0 saturated carbocycles. The quantitative estimate of drug-likeness (QED) is 0.803. The Bertz CT molecular complexity index is 431. The summed E-state index contributed by atoms with van der Waals surface area (Å²) in [5.74, 6) is -0.0156. The van der Waals surface area contributed by atoms with Crippen LogP contribution in [0.2, 0.25) is 0 Å². The van der Waals surface area contributed by atoms with Crippen LogP contribution in [0.15, 0.2) is 40.2 Å². The van der Waals surface area contributed by atoms with Gasteiger partial charge in [-0.25, -0.2) is 0 Å². The molecule has 0 radical (unpaired) electrons. The van der Waals surface area contributed by atoms with E-state index in [1.165, 1.54) is 5.57 Å². The van der Waals surface area contributed by atoms with Crippen LogP contribution in [0.3, 0.4) is 0 Å². The lowest BCUT2D eigenvalue weighted by molar-refractivity contribution is -0.117. The molecule has 0 saturated heterocycles. The molecular formula is C16H27N3O. The van der Waals surface area contributed by atoms with Gasteiger partial charge in [0.05, 0.1) is 0 Å². The number of allylic oxidation sites excluding steroid dienone is 2. The van der Waals surface area contributed by atoms with Crippen LogP contribution in [0.4, 0.5) is 0 Å². The summed E-state index contributed by atoms with van der Waals surface area (Å²) < 4.78 is 0. The first kappa shape index (κ1) is 18.2. The summed E-state index contributed by atoms with van der Waals surface area (Å²) in [7, 11) is 3.65. The van der Waals surface area contributed by atoms with Crippen molar-refractivity contribution in [1.29, 1.82) is 0 Å². The number of amides is 1. The van der Waals surface area contributed by atoms with Gasteiger partial charge in [-0.2, -0.15) is 0 Å². The van der Waals surface area contributed by atoms with Gasteiger partial charge >= 0.3 is 0 Å². The number of nitrogens with one attached hydrogen (secondary N) is 1. The van der Waals surface area contributed by atoms with E-state index in [-0.39, 0.29) is 5.91 Å². The van der Waals surface area contributed by atoms with Crippen LogP contribution in [-0.2, 0) is 4.79 Å². The number of carbonyl (C=O) groups excluding carboxylic acids is 1. The number of aliphatic imine (C=N–C) groups is 1. The first-order valence-electron chi connectivity index (χ1n) is 7.02. The summed E-state index contributed by atoms with van der Waals surface area (Å²) in [6.07, 6.45) is 8.30. The second-order valence-electron chi connectivity index (χ2n) is 4.41. The van der Waals surface area contributed by atoms with Crippen LogP contribution in [0.25, 0.3) is 0 Å². The number of hydrogen-bond acceptors (Lipinski definition) is 3. The number of nitrogens with zero attached hydrogens (tertiary/aromatic N) is 2. The van der Waals surface area contributed by atoms with Crippen molar-refractivity contribution in [2.75, 3.05) is 20.6 Å². The van der Waals surface area contributed by atoms with E-state index in [4.69, 9.17) is 0 Å². The molecule has 20 heavy (non-hydrogen) atoms. The van der Waals surface area contributed by atoms with E-state index in [2.05, 4.69) is 10.3 Å². The lowest BCUT2D eigenvalue weighted by atomic mass is 10.0. The number of carbonyl (C=O) groups is 1. The van der Waals surface area contributed by atoms with E-state index in [9.17, 15) is 4.79 Å². The topological polar surface area (TPSA) is 44.7 Å². The van der Waals surface area contributed by atoms with Gasteiger partial charge in [0.1, 0.15) is 0 Å². The molecule has 0 aromatic carbocycles. The van der Waals surface area contributed by atoms with Crippen LogP contribution in [0, 0.1) is 0 Å². The number of hydrogen-bond donors (Lipinski definition) is 1. The Hall–Kier alpha value is -1.84. The highest BCUT2D eigenvalue weighted by molar-refractivity contribution is 5.94. The molecule has 0 aromatic rings. The van der Waals surface area contributed by atoms with E-state index in [0.717, 1.165) is 11.1 Å². The van der Waals surface area contributed by atoms with Crippen molar-refractivity contribution in [3.63, 3.8) is 0 Å². The molecule has 1 aliphatic heterocycles. The molecule has 0 atom stereocenters. The van der Waals surface area contributed by atoms with Gasteiger partial charge in [0.15, 0.2) is 0 Å². The van der Waals surface area contributed by atoms with E-state index in [1.807, 2.05) is 58.1 Å². The average Bonchev–Trinajstić information content (AvgIpc) is 2.44. The van der Waals surface area contributed by atoms with Crippen LogP contribution >= 0.6 is 0 Å². The maximum Gasteiger partial charge on any atom is 0.249 e. The molecule has 4 nitrogen and oxygen atoms in total. The minimum absolute atomic E-state index is 0.0156. The molecule has 0 aromatic heterocycles. The van der Waals surface area contributed by atoms with Crippen molar-refractivity contribution in [3.8, 4) is 0 Å². The minimum atomic E-state index is -0.0156. The van der Waals surface area contributed by atoms with Crippen molar-refractivity contribution in [3.05, 3.63) is 35.2 Å². The van der Waals surface area contributed by atoms with Crippen molar-refractivity contribution >= 4 is 12.1 Å². The second-order valence-corrected chi connectivity index (χ2v) is 4.41. The first-order valence-corrected chi connectivity index (χ1v) is 7.02. The summed E-state index contributed by atoms with van der Waals surface area (Å²) >= 11 is 0. The third-order valence-electron chi connectivity index (χ3n) is 2.66. The monoisotopic (exact) mass is 277 g/mol. The summed E-state index contributed by atoms with van der Waals surface area (Å²) in [5, 5.41) is 2.91. The van der Waals surface area contributed by atoms with Gasteiger partial charge < -0.3 is 10.2 Å². The minimum Gasteiger partial charge on any atom is -0.357 e. The van der Waals surface area contributed by atoms with E-state index < -0.39 is 0 Å². The molecule has 0 unspecified atom stereocenters. The Kier molecular flexibility index (Phi) is 9.09. The molecule has 0 aliphatic carbocycles. The molecule has 1 rings (SSSR count). The van der Waals surface area contributed by atoms with Gasteiger partial charge in [0.25, 0.3) is 0 Å². The van der Waals surface area contributed by atoms with Crippen LogP contribution < -0.4 is 5.32 Å². The van der Waals surface area contributed by atoms with Crippen molar-refractivity contribution in [1.82, 2.24) is 10.2 Å². The lowest BCUT2D eigenvalue weighted by Crippen LogP contribution is -2.29. The smallest absolute Gasteiger partial charge is 0.249 e. The Morgan fingerprint density at radius 1 is 1.45 bits per heavy atom. The summed E-state index contributed by atoms with van der Waals surface area (Å²) in [5.41, 5.74) is 2.98. The SMILES string of the molecule is C/C=C(\C=NC)CNC(=O)C1=CN(C)C=C(C)C1.CC. The van der Waals surface area contributed by atoms with Gasteiger partial charge in [0, 0.05) is 51.2 Å². The summed E-state index contributed by atoms with van der Waals surface area (Å²) in [4.78, 5) is 17.9.